The van der Waals surface area contributed by atoms with Gasteiger partial charge in [-0.2, -0.15) is 0 Å². The van der Waals surface area contributed by atoms with E-state index in [2.05, 4.69) is 10.3 Å². The molecule has 1 aromatic heterocycles. The van der Waals surface area contributed by atoms with E-state index in [4.69, 9.17) is 0 Å². The van der Waals surface area contributed by atoms with Crippen molar-refractivity contribution in [2.45, 2.75) is 19.0 Å². The van der Waals surface area contributed by atoms with Gasteiger partial charge in [0.05, 0.1) is 22.9 Å². The molecule has 1 fully saturated rings. The summed E-state index contributed by atoms with van der Waals surface area (Å²) in [6.07, 6.45) is 0.362. The fourth-order valence-electron chi connectivity index (χ4n) is 3.46. The van der Waals surface area contributed by atoms with Crippen LogP contribution >= 0.6 is 0 Å². The van der Waals surface area contributed by atoms with E-state index in [1.807, 2.05) is 6.07 Å². The molecule has 8 nitrogen and oxygen atoms in total. The zero-order chi connectivity index (χ0) is 19.7. The molecular formula is C19H18N4O4S. The summed E-state index contributed by atoms with van der Waals surface area (Å²) >= 11 is 0. The van der Waals surface area contributed by atoms with Gasteiger partial charge in [-0.05, 0) is 30.7 Å². The third-order valence-electron chi connectivity index (χ3n) is 4.79. The van der Waals surface area contributed by atoms with Gasteiger partial charge >= 0.3 is 0 Å². The second kappa shape index (κ2) is 7.16. The van der Waals surface area contributed by atoms with E-state index < -0.39 is 27.3 Å². The van der Waals surface area contributed by atoms with Crippen molar-refractivity contribution < 1.29 is 13.2 Å². The zero-order valence-electron chi connectivity index (χ0n) is 14.9. The van der Waals surface area contributed by atoms with Crippen LogP contribution in [-0.4, -0.2) is 46.9 Å². The van der Waals surface area contributed by atoms with Gasteiger partial charge in [0.1, 0.15) is 12.1 Å². The number of rotatable bonds is 4. The van der Waals surface area contributed by atoms with Crippen molar-refractivity contribution in [1.29, 1.82) is 0 Å². The lowest BCUT2D eigenvalue weighted by molar-refractivity contribution is -0.119. The first-order valence-electron chi connectivity index (χ1n) is 8.85. The van der Waals surface area contributed by atoms with Crippen molar-refractivity contribution >= 4 is 32.3 Å². The summed E-state index contributed by atoms with van der Waals surface area (Å²) in [6, 6.07) is 15.2. The van der Waals surface area contributed by atoms with Gasteiger partial charge in [-0.25, -0.2) is 13.1 Å². The Balaban J connectivity index is 1.69. The van der Waals surface area contributed by atoms with Crippen LogP contribution in [0.25, 0.3) is 10.9 Å². The first-order chi connectivity index (χ1) is 13.4. The molecule has 28 heavy (non-hydrogen) atoms. The maximum absolute atomic E-state index is 13.1. The number of para-hydroxylation sites is 1. The molecule has 1 amide bonds. The molecule has 1 saturated heterocycles. The first-order valence-corrected chi connectivity index (χ1v) is 10.7. The van der Waals surface area contributed by atoms with Crippen molar-refractivity contribution in [3.8, 4) is 0 Å². The average Bonchev–Trinajstić information content (AvgIpc) is 3.04. The van der Waals surface area contributed by atoms with E-state index in [-0.39, 0.29) is 18.1 Å². The number of nitrogens with zero attached hydrogens (tertiary/aromatic N) is 4. The Morgan fingerprint density at radius 3 is 2.54 bits per heavy atom. The minimum Gasteiger partial charge on any atom is -0.307 e. The van der Waals surface area contributed by atoms with Crippen LogP contribution in [0.5, 0.6) is 0 Å². The molecule has 0 saturated carbocycles. The molecule has 144 valence electrons. The molecule has 1 aliphatic rings. The molecule has 0 bridgehead atoms. The highest BCUT2D eigenvalue weighted by Crippen LogP contribution is 2.24. The molecule has 0 unspecified atom stereocenters. The van der Waals surface area contributed by atoms with Crippen LogP contribution in [0.1, 0.15) is 6.42 Å². The Labute approximate surface area is 161 Å². The minimum atomic E-state index is -3.18. The number of aromatic nitrogens is 3. The van der Waals surface area contributed by atoms with Crippen LogP contribution in [0, 0.1) is 0 Å². The molecule has 0 N–H and O–H groups in total. The number of hydrogen-bond acceptors (Lipinski definition) is 6. The van der Waals surface area contributed by atoms with E-state index in [1.54, 1.807) is 48.5 Å². The summed E-state index contributed by atoms with van der Waals surface area (Å²) in [6.45, 7) is -0.317. The van der Waals surface area contributed by atoms with Crippen molar-refractivity contribution in [3.63, 3.8) is 0 Å². The normalized spacial score (nSPS) is 18.2. The molecule has 1 aliphatic heterocycles. The maximum atomic E-state index is 13.1. The Morgan fingerprint density at radius 1 is 1.11 bits per heavy atom. The number of benzene rings is 2. The topological polar surface area (TPSA) is 102 Å². The van der Waals surface area contributed by atoms with Crippen LogP contribution in [-0.2, 0) is 21.2 Å². The molecule has 4 rings (SSSR count). The Bertz CT molecular complexity index is 1190. The second-order valence-electron chi connectivity index (χ2n) is 6.73. The van der Waals surface area contributed by atoms with Crippen LogP contribution in [0.4, 0.5) is 5.69 Å². The Kier molecular flexibility index (Phi) is 4.68. The standard InChI is InChI=1S/C19H18N4O4S/c24-18(12-22-19(25)16-8-4-5-9-17(16)20-21-22)23(14-6-2-1-3-7-14)15-10-11-28(26,27)13-15/h1-9,15H,10-13H2/t15-/m1/s1. The van der Waals surface area contributed by atoms with E-state index in [1.165, 1.54) is 4.90 Å². The number of carbonyl (C=O) groups excluding carboxylic acids is 1. The monoisotopic (exact) mass is 398 g/mol. The molecule has 9 heteroatoms. The lowest BCUT2D eigenvalue weighted by atomic mass is 10.1. The predicted molar refractivity (Wildman–Crippen MR) is 105 cm³/mol. The molecule has 3 aromatic rings. The molecule has 0 aliphatic carbocycles. The fourth-order valence-corrected chi connectivity index (χ4v) is 5.16. The van der Waals surface area contributed by atoms with E-state index in [0.29, 0.717) is 23.0 Å². The Morgan fingerprint density at radius 2 is 1.82 bits per heavy atom. The van der Waals surface area contributed by atoms with Gasteiger partial charge in [0.15, 0.2) is 9.84 Å². The quantitative estimate of drug-likeness (QED) is 0.650. The summed E-state index contributed by atoms with van der Waals surface area (Å²) in [5.41, 5.74) is 0.639. The average molecular weight is 398 g/mol. The first kappa shape index (κ1) is 18.3. The highest BCUT2D eigenvalue weighted by atomic mass is 32.2. The van der Waals surface area contributed by atoms with Gasteiger partial charge in [-0.15, -0.1) is 5.10 Å². The van der Waals surface area contributed by atoms with Gasteiger partial charge < -0.3 is 4.90 Å². The van der Waals surface area contributed by atoms with Crippen molar-refractivity contribution in [3.05, 3.63) is 65.0 Å². The second-order valence-corrected chi connectivity index (χ2v) is 8.95. The summed E-state index contributed by atoms with van der Waals surface area (Å²) < 4.78 is 24.9. The van der Waals surface area contributed by atoms with E-state index >= 15 is 0 Å². The predicted octanol–water partition coefficient (Wildman–Crippen LogP) is 1.01. The van der Waals surface area contributed by atoms with Crippen molar-refractivity contribution in [2.24, 2.45) is 0 Å². The maximum Gasteiger partial charge on any atom is 0.278 e. The molecule has 2 heterocycles. The third-order valence-corrected chi connectivity index (χ3v) is 6.54. The third kappa shape index (κ3) is 3.53. The lowest BCUT2D eigenvalue weighted by Crippen LogP contribution is -2.44. The van der Waals surface area contributed by atoms with Crippen LogP contribution in [0.2, 0.25) is 0 Å². The van der Waals surface area contributed by atoms with Gasteiger partial charge in [-0.1, -0.05) is 35.5 Å². The lowest BCUT2D eigenvalue weighted by Gasteiger charge is -2.28. The summed E-state index contributed by atoms with van der Waals surface area (Å²) in [5, 5.41) is 8.24. The van der Waals surface area contributed by atoms with Crippen molar-refractivity contribution in [1.82, 2.24) is 15.0 Å². The number of sulfone groups is 1. The minimum absolute atomic E-state index is 0.0456. The van der Waals surface area contributed by atoms with Crippen LogP contribution in [0.15, 0.2) is 59.4 Å². The SMILES string of the molecule is O=C(Cn1nnc2ccccc2c1=O)N(c1ccccc1)[C@@H]1CCS(=O)(=O)C1. The molecule has 0 spiro atoms. The van der Waals surface area contributed by atoms with Gasteiger partial charge in [0.2, 0.25) is 5.91 Å². The Hall–Kier alpha value is -3.07. The molecule has 0 radical (unpaired) electrons. The van der Waals surface area contributed by atoms with Gasteiger partial charge in [-0.3, -0.25) is 9.59 Å². The largest absolute Gasteiger partial charge is 0.307 e. The summed E-state index contributed by atoms with van der Waals surface area (Å²) in [5.74, 6) is -0.448. The van der Waals surface area contributed by atoms with E-state index in [9.17, 15) is 18.0 Å². The number of carbonyl (C=O) groups is 1. The number of amides is 1. The molecule has 1 atom stereocenters. The van der Waals surface area contributed by atoms with E-state index in [0.717, 1.165) is 4.68 Å². The van der Waals surface area contributed by atoms with Crippen LogP contribution < -0.4 is 10.5 Å². The van der Waals surface area contributed by atoms with Gasteiger partial charge in [0, 0.05) is 5.69 Å². The highest BCUT2D eigenvalue weighted by Gasteiger charge is 2.35. The fraction of sp³-hybridized carbons (Fsp3) is 0.263. The van der Waals surface area contributed by atoms with Gasteiger partial charge in [0.25, 0.3) is 5.56 Å². The molecular weight excluding hydrogens is 380 g/mol. The smallest absolute Gasteiger partial charge is 0.278 e. The zero-order valence-corrected chi connectivity index (χ0v) is 15.7. The number of anilines is 1. The van der Waals surface area contributed by atoms with Crippen LogP contribution in [0.3, 0.4) is 0 Å². The highest BCUT2D eigenvalue weighted by molar-refractivity contribution is 7.91. The number of fused-ring (bicyclic) bond motifs is 1. The van der Waals surface area contributed by atoms with Crippen molar-refractivity contribution in [2.75, 3.05) is 16.4 Å². The molecule has 2 aromatic carbocycles. The summed E-state index contributed by atoms with van der Waals surface area (Å²) in [7, 11) is -3.18. The summed E-state index contributed by atoms with van der Waals surface area (Å²) in [4.78, 5) is 27.2. The number of hydrogen-bond donors (Lipinski definition) is 0.